The Bertz CT molecular complexity index is 1290. The SMILES string of the molecule is N[N+]12C=CN=CC1=C(C1=CC=C1)N=C2c1cccc(OCc2ccccc2[N+](=O)[O-])c1. The number of aliphatic imine (C=N–C) groups is 2. The van der Waals surface area contributed by atoms with Crippen molar-refractivity contribution in [3.63, 3.8) is 0 Å². The Hall–Kier alpha value is -4.14. The number of allylic oxidation sites excluding steroid dienone is 4. The molecule has 0 saturated carbocycles. The van der Waals surface area contributed by atoms with Gasteiger partial charge in [0.05, 0.1) is 28.5 Å². The van der Waals surface area contributed by atoms with E-state index >= 15 is 0 Å². The molecule has 2 aliphatic heterocycles. The van der Waals surface area contributed by atoms with E-state index in [1.165, 1.54) is 6.07 Å². The molecule has 2 aromatic carbocycles. The van der Waals surface area contributed by atoms with Crippen LogP contribution < -0.4 is 10.6 Å². The van der Waals surface area contributed by atoms with Crippen LogP contribution in [0.3, 0.4) is 0 Å². The second kappa shape index (κ2) is 7.28. The van der Waals surface area contributed by atoms with Crippen LogP contribution >= 0.6 is 0 Å². The molecular formula is C23H18N5O3+. The van der Waals surface area contributed by atoms with Crippen LogP contribution in [0.5, 0.6) is 5.75 Å². The molecule has 31 heavy (non-hydrogen) atoms. The topological polar surface area (TPSA) is 103 Å². The fourth-order valence-corrected chi connectivity index (χ4v) is 3.64. The summed E-state index contributed by atoms with van der Waals surface area (Å²) in [5, 5.41) is 11.2. The Balaban J connectivity index is 1.44. The summed E-state index contributed by atoms with van der Waals surface area (Å²) in [6, 6.07) is 13.9. The van der Waals surface area contributed by atoms with E-state index in [1.54, 1.807) is 42.9 Å². The number of ether oxygens (including phenoxy) is 1. The third-order valence-corrected chi connectivity index (χ3v) is 5.29. The molecule has 3 aliphatic rings. The second-order valence-electron chi connectivity index (χ2n) is 7.21. The Kier molecular flexibility index (Phi) is 4.43. The molecule has 8 nitrogen and oxygen atoms in total. The number of hydrogen-bond acceptors (Lipinski definition) is 6. The van der Waals surface area contributed by atoms with Gasteiger partial charge in [0.15, 0.2) is 0 Å². The molecule has 1 unspecified atom stereocenters. The molecule has 0 bridgehead atoms. The molecule has 152 valence electrons. The standard InChI is InChI=1S/C23H18N5O3/c24-28-12-11-25-14-21(28)22(16-6-3-7-16)26-23(28)17-8-4-9-19(13-17)31-15-18-5-1-2-10-20(18)27(29)30/h1-14H,15,24H2/q+1. The monoisotopic (exact) mass is 412 g/mol. The maximum Gasteiger partial charge on any atom is 0.276 e. The molecule has 2 aromatic rings. The lowest BCUT2D eigenvalue weighted by Gasteiger charge is -2.26. The number of nitro groups is 1. The third-order valence-electron chi connectivity index (χ3n) is 5.29. The number of quaternary nitrogens is 1. The number of fused-ring (bicyclic) bond motifs is 1. The van der Waals surface area contributed by atoms with Crippen LogP contribution in [0.2, 0.25) is 0 Å². The van der Waals surface area contributed by atoms with Crippen molar-refractivity contribution in [3.05, 3.63) is 117 Å². The van der Waals surface area contributed by atoms with Gasteiger partial charge in [-0.05, 0) is 24.3 Å². The Labute approximate surface area is 178 Å². The van der Waals surface area contributed by atoms with Gasteiger partial charge in [-0.1, -0.05) is 36.4 Å². The molecule has 0 saturated heterocycles. The second-order valence-corrected chi connectivity index (χ2v) is 7.21. The Morgan fingerprint density at radius 1 is 1.16 bits per heavy atom. The molecule has 0 radical (unpaired) electrons. The molecule has 8 heteroatoms. The van der Waals surface area contributed by atoms with Gasteiger partial charge in [0, 0.05) is 11.6 Å². The van der Waals surface area contributed by atoms with E-state index in [0.717, 1.165) is 22.5 Å². The predicted octanol–water partition coefficient (Wildman–Crippen LogP) is 3.89. The van der Waals surface area contributed by atoms with Gasteiger partial charge in [-0.15, -0.1) is 4.59 Å². The van der Waals surface area contributed by atoms with Gasteiger partial charge in [-0.3, -0.25) is 15.1 Å². The van der Waals surface area contributed by atoms with E-state index in [2.05, 4.69) is 4.99 Å². The lowest BCUT2D eigenvalue weighted by molar-refractivity contribution is -0.750. The molecule has 0 fully saturated rings. The Morgan fingerprint density at radius 3 is 2.77 bits per heavy atom. The molecule has 0 spiro atoms. The molecule has 1 atom stereocenters. The van der Waals surface area contributed by atoms with Gasteiger partial charge in [-0.25, -0.2) is 0 Å². The first-order chi connectivity index (χ1) is 15.1. The van der Waals surface area contributed by atoms with E-state index in [9.17, 15) is 10.1 Å². The van der Waals surface area contributed by atoms with Gasteiger partial charge in [0.2, 0.25) is 5.70 Å². The average molecular weight is 412 g/mol. The van der Waals surface area contributed by atoms with Gasteiger partial charge >= 0.3 is 0 Å². The van der Waals surface area contributed by atoms with Crippen LogP contribution in [0.25, 0.3) is 0 Å². The van der Waals surface area contributed by atoms with Crippen LogP contribution in [0, 0.1) is 10.1 Å². The first-order valence-corrected chi connectivity index (χ1v) is 9.63. The number of nitrogens with zero attached hydrogens (tertiary/aromatic N) is 4. The predicted molar refractivity (Wildman–Crippen MR) is 117 cm³/mol. The zero-order valence-corrected chi connectivity index (χ0v) is 16.4. The minimum atomic E-state index is -0.409. The highest BCUT2D eigenvalue weighted by atomic mass is 16.6. The average Bonchev–Trinajstić information content (AvgIpc) is 3.04. The summed E-state index contributed by atoms with van der Waals surface area (Å²) in [4.78, 5) is 19.9. The van der Waals surface area contributed by atoms with Crippen LogP contribution in [0.1, 0.15) is 11.1 Å². The molecule has 2 N–H and O–H groups in total. The maximum atomic E-state index is 11.2. The summed E-state index contributed by atoms with van der Waals surface area (Å²) in [6.45, 7) is 0.0781. The van der Waals surface area contributed by atoms with E-state index in [-0.39, 0.29) is 16.9 Å². The first kappa shape index (κ1) is 18.9. The van der Waals surface area contributed by atoms with Crippen molar-refractivity contribution in [2.24, 2.45) is 15.8 Å². The van der Waals surface area contributed by atoms with Crippen molar-refractivity contribution in [2.45, 2.75) is 6.61 Å². The van der Waals surface area contributed by atoms with Crippen molar-refractivity contribution in [3.8, 4) is 5.75 Å². The van der Waals surface area contributed by atoms with E-state index in [0.29, 0.717) is 17.1 Å². The molecular weight excluding hydrogens is 394 g/mol. The van der Waals surface area contributed by atoms with Gasteiger partial charge in [-0.2, -0.15) is 10.8 Å². The van der Waals surface area contributed by atoms with Crippen molar-refractivity contribution in [2.75, 3.05) is 0 Å². The number of amidine groups is 1. The number of benzene rings is 2. The first-order valence-electron chi connectivity index (χ1n) is 9.63. The summed E-state index contributed by atoms with van der Waals surface area (Å²) < 4.78 is 5.79. The highest BCUT2D eigenvalue weighted by molar-refractivity contribution is 6.01. The van der Waals surface area contributed by atoms with Crippen LogP contribution in [0.4, 0.5) is 5.69 Å². The summed E-state index contributed by atoms with van der Waals surface area (Å²) >= 11 is 0. The fraction of sp³-hybridized carbons (Fsp3) is 0.0435. The van der Waals surface area contributed by atoms with Crippen molar-refractivity contribution < 1.29 is 14.3 Å². The summed E-state index contributed by atoms with van der Waals surface area (Å²) in [5.74, 6) is 7.93. The minimum Gasteiger partial charge on any atom is -0.489 e. The largest absolute Gasteiger partial charge is 0.489 e. The van der Waals surface area contributed by atoms with Gasteiger partial charge in [0.25, 0.3) is 11.5 Å². The van der Waals surface area contributed by atoms with E-state index in [4.69, 9.17) is 15.6 Å². The highest BCUT2D eigenvalue weighted by Crippen LogP contribution is 2.36. The van der Waals surface area contributed by atoms with Crippen molar-refractivity contribution in [1.82, 2.24) is 0 Å². The van der Waals surface area contributed by atoms with Crippen molar-refractivity contribution in [1.29, 1.82) is 0 Å². The zero-order valence-electron chi connectivity index (χ0n) is 16.4. The number of nitro benzene ring substituents is 1. The number of nitrogens with two attached hydrogens (primary N) is 1. The molecule has 0 amide bonds. The molecule has 5 rings (SSSR count). The zero-order chi connectivity index (χ0) is 21.4. The maximum absolute atomic E-state index is 11.2. The van der Waals surface area contributed by atoms with Gasteiger partial charge in [0.1, 0.15) is 24.3 Å². The van der Waals surface area contributed by atoms with Crippen molar-refractivity contribution >= 4 is 17.7 Å². The van der Waals surface area contributed by atoms with Crippen LogP contribution in [0.15, 0.2) is 106 Å². The Morgan fingerprint density at radius 2 is 2.00 bits per heavy atom. The summed E-state index contributed by atoms with van der Waals surface area (Å²) in [6.07, 6.45) is 11.1. The van der Waals surface area contributed by atoms with Crippen LogP contribution in [-0.4, -0.2) is 21.6 Å². The highest BCUT2D eigenvalue weighted by Gasteiger charge is 2.44. The fourth-order valence-electron chi connectivity index (χ4n) is 3.64. The number of rotatable bonds is 6. The minimum absolute atomic E-state index is 0.0309. The third kappa shape index (κ3) is 3.20. The normalized spacial score (nSPS) is 20.8. The molecule has 0 aromatic heterocycles. The lowest BCUT2D eigenvalue weighted by atomic mass is 10.0. The van der Waals surface area contributed by atoms with Crippen LogP contribution in [-0.2, 0) is 6.61 Å². The molecule has 2 heterocycles. The number of para-hydroxylation sites is 1. The quantitative estimate of drug-likeness (QED) is 0.336. The van der Waals surface area contributed by atoms with E-state index < -0.39 is 4.92 Å². The number of hydrogen-bond donors (Lipinski definition) is 1. The van der Waals surface area contributed by atoms with Gasteiger partial charge < -0.3 is 4.74 Å². The summed E-state index contributed by atoms with van der Waals surface area (Å²) in [7, 11) is 0. The van der Waals surface area contributed by atoms with E-state index in [1.807, 2.05) is 36.4 Å². The lowest BCUT2D eigenvalue weighted by Crippen LogP contribution is -2.53. The molecule has 1 aliphatic carbocycles. The summed E-state index contributed by atoms with van der Waals surface area (Å²) in [5.41, 5.74) is 3.91. The smallest absolute Gasteiger partial charge is 0.276 e.